The Morgan fingerprint density at radius 3 is 2.53 bits per heavy atom. The normalized spacial score (nSPS) is 13.6. The monoisotopic (exact) mass is 327 g/mol. The van der Waals surface area contributed by atoms with Crippen LogP contribution in [0, 0.1) is 11.6 Å². The van der Waals surface area contributed by atoms with E-state index >= 15 is 0 Å². The molecule has 0 saturated carbocycles. The number of rotatable bonds is 5. The van der Waals surface area contributed by atoms with E-state index in [4.69, 9.17) is 0 Å². The fraction of sp³-hybridized carbons (Fsp3) is 0.400. The first-order valence-electron chi connectivity index (χ1n) is 4.94. The lowest BCUT2D eigenvalue weighted by Crippen LogP contribution is -2.35. The van der Waals surface area contributed by atoms with Crippen molar-refractivity contribution in [3.63, 3.8) is 0 Å². The van der Waals surface area contributed by atoms with Gasteiger partial charge < -0.3 is 0 Å². The first-order valence-corrected chi connectivity index (χ1v) is 7.54. The first kappa shape index (κ1) is 14.5. The Bertz CT molecular complexity index is 489. The number of alkyl halides is 1. The maximum atomic E-state index is 13.3. The summed E-state index contributed by atoms with van der Waals surface area (Å²) in [6.45, 7) is 1.80. The summed E-state index contributed by atoms with van der Waals surface area (Å²) in [5.74, 6) is -1.91. The molecule has 17 heavy (non-hydrogen) atoms. The number of halogens is 3. The zero-order valence-electron chi connectivity index (χ0n) is 9.08. The highest BCUT2D eigenvalue weighted by Crippen LogP contribution is 2.16. The molecule has 1 N–H and O–H groups in total. The highest BCUT2D eigenvalue weighted by molar-refractivity contribution is 9.09. The number of nitrogens with one attached hydrogen (secondary N) is 1. The van der Waals surface area contributed by atoms with E-state index in [0.717, 1.165) is 12.1 Å². The average molecular weight is 328 g/mol. The number of hydrogen-bond donors (Lipinski definition) is 1. The van der Waals surface area contributed by atoms with Crippen LogP contribution in [0.25, 0.3) is 0 Å². The van der Waals surface area contributed by atoms with Gasteiger partial charge in [-0.15, -0.1) is 0 Å². The molecule has 0 aliphatic heterocycles. The topological polar surface area (TPSA) is 46.2 Å². The largest absolute Gasteiger partial charge is 0.243 e. The molecule has 0 aliphatic rings. The molecular formula is C10H12BrF2NO2S. The molecule has 1 rings (SSSR count). The van der Waals surface area contributed by atoms with Crippen LogP contribution in [0.15, 0.2) is 23.1 Å². The highest BCUT2D eigenvalue weighted by Gasteiger charge is 2.22. The van der Waals surface area contributed by atoms with Gasteiger partial charge in [0.1, 0.15) is 16.5 Å². The average Bonchev–Trinajstić information content (AvgIpc) is 2.25. The van der Waals surface area contributed by atoms with Crippen LogP contribution < -0.4 is 4.72 Å². The van der Waals surface area contributed by atoms with Crippen LogP contribution >= 0.6 is 15.9 Å². The van der Waals surface area contributed by atoms with Crippen molar-refractivity contribution in [2.75, 3.05) is 5.33 Å². The number of hydrogen-bond acceptors (Lipinski definition) is 2. The Labute approximate surface area is 107 Å². The lowest BCUT2D eigenvalue weighted by molar-refractivity contribution is 0.533. The molecule has 0 spiro atoms. The van der Waals surface area contributed by atoms with E-state index in [1.807, 2.05) is 0 Å². The van der Waals surface area contributed by atoms with Crippen LogP contribution in [0.5, 0.6) is 0 Å². The Morgan fingerprint density at radius 2 is 2.06 bits per heavy atom. The van der Waals surface area contributed by atoms with Crippen molar-refractivity contribution in [2.45, 2.75) is 24.3 Å². The van der Waals surface area contributed by atoms with E-state index in [9.17, 15) is 17.2 Å². The molecule has 1 aromatic carbocycles. The zero-order chi connectivity index (χ0) is 13.1. The van der Waals surface area contributed by atoms with Gasteiger partial charge >= 0.3 is 0 Å². The fourth-order valence-corrected chi connectivity index (χ4v) is 3.41. The van der Waals surface area contributed by atoms with Gasteiger partial charge in [0.25, 0.3) is 0 Å². The first-order chi connectivity index (χ1) is 7.90. The molecule has 0 aliphatic carbocycles. The Balaban J connectivity index is 3.05. The van der Waals surface area contributed by atoms with Crippen molar-refractivity contribution in [3.8, 4) is 0 Å². The van der Waals surface area contributed by atoms with Gasteiger partial charge in [-0.3, -0.25) is 0 Å². The van der Waals surface area contributed by atoms with Crippen molar-refractivity contribution in [1.82, 2.24) is 4.72 Å². The summed E-state index contributed by atoms with van der Waals surface area (Å²) in [6.07, 6.45) is 0.563. The van der Waals surface area contributed by atoms with Crippen LogP contribution in [-0.2, 0) is 10.0 Å². The Hall–Kier alpha value is -0.530. The smallest absolute Gasteiger partial charge is 0.207 e. The van der Waals surface area contributed by atoms with Gasteiger partial charge in [0, 0.05) is 17.4 Å². The summed E-state index contributed by atoms with van der Waals surface area (Å²) in [5.41, 5.74) is 0. The van der Waals surface area contributed by atoms with E-state index in [1.54, 1.807) is 6.92 Å². The van der Waals surface area contributed by atoms with Gasteiger partial charge in [0.05, 0.1) is 0 Å². The van der Waals surface area contributed by atoms with Crippen LogP contribution in [0.2, 0.25) is 0 Å². The maximum Gasteiger partial charge on any atom is 0.243 e. The van der Waals surface area contributed by atoms with Crippen molar-refractivity contribution < 1.29 is 17.2 Å². The van der Waals surface area contributed by atoms with Gasteiger partial charge in [0.2, 0.25) is 10.0 Å². The van der Waals surface area contributed by atoms with E-state index in [2.05, 4.69) is 20.7 Å². The highest BCUT2D eigenvalue weighted by atomic mass is 79.9. The van der Waals surface area contributed by atoms with Crippen LogP contribution in [0.4, 0.5) is 8.78 Å². The van der Waals surface area contributed by atoms with Crippen molar-refractivity contribution in [1.29, 1.82) is 0 Å². The predicted octanol–water partition coefficient (Wildman–Crippen LogP) is 2.42. The summed E-state index contributed by atoms with van der Waals surface area (Å²) in [5, 5.41) is 0.422. The quantitative estimate of drug-likeness (QED) is 0.844. The van der Waals surface area contributed by atoms with Crippen molar-refractivity contribution in [3.05, 3.63) is 29.8 Å². The molecule has 0 fully saturated rings. The molecule has 1 aromatic rings. The minimum atomic E-state index is -3.95. The van der Waals surface area contributed by atoms with Gasteiger partial charge in [-0.1, -0.05) is 22.9 Å². The summed E-state index contributed by atoms with van der Waals surface area (Å²) < 4.78 is 51.9. The lowest BCUT2D eigenvalue weighted by atomic mass is 10.3. The summed E-state index contributed by atoms with van der Waals surface area (Å²) >= 11 is 3.15. The third-order valence-corrected chi connectivity index (χ3v) is 4.52. The second-order valence-corrected chi connectivity index (χ2v) is 5.79. The molecule has 0 aromatic heterocycles. The second kappa shape index (κ2) is 5.88. The van der Waals surface area contributed by atoms with Gasteiger partial charge in [-0.05, 0) is 18.6 Å². The molecule has 3 nitrogen and oxygen atoms in total. The Morgan fingerprint density at radius 1 is 1.41 bits per heavy atom. The third-order valence-electron chi connectivity index (χ3n) is 2.18. The fourth-order valence-electron chi connectivity index (χ4n) is 1.20. The maximum absolute atomic E-state index is 13.3. The van der Waals surface area contributed by atoms with Crippen LogP contribution in [0.1, 0.15) is 13.3 Å². The van der Waals surface area contributed by atoms with Gasteiger partial charge in [0.15, 0.2) is 0 Å². The SMILES string of the molecule is CCC(CBr)NS(=O)(=O)c1ccc(F)cc1F. The molecule has 0 heterocycles. The minimum Gasteiger partial charge on any atom is -0.207 e. The number of benzene rings is 1. The van der Waals surface area contributed by atoms with Crippen molar-refractivity contribution >= 4 is 26.0 Å². The van der Waals surface area contributed by atoms with Crippen LogP contribution in [-0.4, -0.2) is 19.8 Å². The second-order valence-electron chi connectivity index (χ2n) is 3.46. The van der Waals surface area contributed by atoms with E-state index < -0.39 is 26.6 Å². The summed E-state index contributed by atoms with van der Waals surface area (Å²) in [4.78, 5) is -0.543. The predicted molar refractivity (Wildman–Crippen MR) is 64.6 cm³/mol. The van der Waals surface area contributed by atoms with Crippen LogP contribution in [0.3, 0.4) is 0 Å². The molecule has 1 atom stereocenters. The molecular weight excluding hydrogens is 316 g/mol. The molecule has 1 unspecified atom stereocenters. The summed E-state index contributed by atoms with van der Waals surface area (Å²) in [7, 11) is -3.95. The molecule has 0 saturated heterocycles. The number of sulfonamides is 1. The van der Waals surface area contributed by atoms with Crippen molar-refractivity contribution in [2.24, 2.45) is 0 Å². The molecule has 96 valence electrons. The third kappa shape index (κ3) is 3.72. The van der Waals surface area contributed by atoms with E-state index in [0.29, 0.717) is 17.8 Å². The molecule has 0 amide bonds. The summed E-state index contributed by atoms with van der Waals surface area (Å²) in [6, 6.07) is 2.04. The Kier molecular flexibility index (Phi) is 5.03. The molecule has 0 radical (unpaired) electrons. The minimum absolute atomic E-state index is 0.329. The molecule has 0 bridgehead atoms. The lowest BCUT2D eigenvalue weighted by Gasteiger charge is -2.14. The molecule has 7 heteroatoms. The zero-order valence-corrected chi connectivity index (χ0v) is 11.5. The van der Waals surface area contributed by atoms with Gasteiger partial charge in [-0.25, -0.2) is 21.9 Å². The van der Waals surface area contributed by atoms with E-state index in [-0.39, 0.29) is 6.04 Å². The van der Waals surface area contributed by atoms with E-state index in [1.165, 1.54) is 0 Å². The van der Waals surface area contributed by atoms with Gasteiger partial charge in [-0.2, -0.15) is 0 Å². The standard InChI is InChI=1S/C10H12BrF2NO2S/c1-2-8(6-11)14-17(15,16)10-4-3-7(12)5-9(10)13/h3-5,8,14H,2,6H2,1H3.